The fourth-order valence-corrected chi connectivity index (χ4v) is 17.4. The molecular formula is C110H70N2O2. The van der Waals surface area contributed by atoms with Crippen molar-refractivity contribution < 1.29 is 8.83 Å². The van der Waals surface area contributed by atoms with Gasteiger partial charge in [-0.05, 0) is 269 Å². The highest BCUT2D eigenvalue weighted by Crippen LogP contribution is 2.44. The van der Waals surface area contributed by atoms with E-state index in [2.05, 4.69) is 410 Å². The maximum absolute atomic E-state index is 6.13. The normalized spacial score (nSPS) is 11.7. The predicted molar refractivity (Wildman–Crippen MR) is 484 cm³/mol. The highest BCUT2D eigenvalue weighted by Gasteiger charge is 2.20. The largest absolute Gasteiger partial charge is 0.456 e. The highest BCUT2D eigenvalue weighted by molar-refractivity contribution is 6.13. The van der Waals surface area contributed by atoms with Gasteiger partial charge in [-0.1, -0.05) is 297 Å². The van der Waals surface area contributed by atoms with Gasteiger partial charge in [-0.25, -0.2) is 0 Å². The summed E-state index contributed by atoms with van der Waals surface area (Å²) >= 11 is 0. The van der Waals surface area contributed by atoms with Crippen LogP contribution in [-0.2, 0) is 0 Å². The van der Waals surface area contributed by atoms with Crippen LogP contribution in [0.2, 0.25) is 0 Å². The summed E-state index contributed by atoms with van der Waals surface area (Å²) in [5.41, 5.74) is 22.1. The molecule has 0 N–H and O–H groups in total. The number of hydrogen-bond acceptors (Lipinski definition) is 4. The summed E-state index contributed by atoms with van der Waals surface area (Å²) in [5.74, 6) is 0. The van der Waals surface area contributed by atoms with E-state index in [0.717, 1.165) is 100 Å². The second-order valence-electron chi connectivity index (χ2n) is 29.9. The minimum atomic E-state index is 0.906. The topological polar surface area (TPSA) is 32.8 Å². The van der Waals surface area contributed by atoms with Crippen molar-refractivity contribution in [2.75, 3.05) is 9.80 Å². The van der Waals surface area contributed by atoms with Crippen LogP contribution < -0.4 is 9.80 Å². The maximum atomic E-state index is 6.13. The number of anilines is 6. The lowest BCUT2D eigenvalue weighted by Crippen LogP contribution is -2.09. The molecule has 0 radical (unpaired) electrons. The second kappa shape index (κ2) is 27.5. The van der Waals surface area contributed by atoms with Crippen molar-refractivity contribution >= 4 is 164 Å². The number of rotatable bonds is 11. The van der Waals surface area contributed by atoms with Crippen LogP contribution in [0.3, 0.4) is 0 Å². The van der Waals surface area contributed by atoms with Crippen LogP contribution in [0.1, 0.15) is 0 Å². The molecule has 114 heavy (non-hydrogen) atoms. The molecule has 2 heterocycles. The summed E-state index contributed by atoms with van der Waals surface area (Å²) in [4.78, 5) is 4.71. The Balaban J connectivity index is 0.000000140. The Kier molecular flexibility index (Phi) is 15.9. The van der Waals surface area contributed by atoms with Gasteiger partial charge in [0.25, 0.3) is 0 Å². The molecule has 23 rings (SSSR count). The third-order valence-electron chi connectivity index (χ3n) is 23.3. The molecule has 2 aromatic heterocycles. The Morgan fingerprint density at radius 1 is 0.123 bits per heavy atom. The molecule has 4 nitrogen and oxygen atoms in total. The first-order chi connectivity index (χ1) is 56.4. The van der Waals surface area contributed by atoms with Gasteiger partial charge in [0.1, 0.15) is 22.3 Å². The molecule has 0 aliphatic carbocycles. The van der Waals surface area contributed by atoms with E-state index in [0.29, 0.717) is 0 Å². The second-order valence-corrected chi connectivity index (χ2v) is 29.9. The molecule has 532 valence electrons. The lowest BCUT2D eigenvalue weighted by Gasteiger charge is -2.26. The first-order valence-electron chi connectivity index (χ1n) is 39.1. The zero-order chi connectivity index (χ0) is 75.2. The SMILES string of the molecule is c1ccc2c(c1)ccc1cc(-c3ccc(N(c4ccc(-c5ccc6c(ccc7ccccc76)c5)cc4)c4ccc(-c5ccc6oc7ccccc7c6c5)cc4)cc3)ccc12.c1ccc2c(c1)ccc1cc(-c3ccc(N(c4ccc(-c5ccc6oc7ccccc7c6c5)cc4)c4ccc5c(ccc6ccccc65)c4)cc3)ccc12. The molecule has 0 saturated heterocycles. The number of furan rings is 2. The van der Waals surface area contributed by atoms with Crippen molar-refractivity contribution in [1.82, 2.24) is 0 Å². The molecule has 0 bridgehead atoms. The van der Waals surface area contributed by atoms with Gasteiger partial charge in [0, 0.05) is 55.7 Å². The Morgan fingerprint density at radius 3 is 0.658 bits per heavy atom. The molecule has 0 fully saturated rings. The first-order valence-corrected chi connectivity index (χ1v) is 39.1. The van der Waals surface area contributed by atoms with Gasteiger partial charge in [-0.15, -0.1) is 0 Å². The lowest BCUT2D eigenvalue weighted by molar-refractivity contribution is 0.668. The van der Waals surface area contributed by atoms with E-state index in [1.165, 1.54) is 120 Å². The van der Waals surface area contributed by atoms with E-state index >= 15 is 0 Å². The zero-order valence-electron chi connectivity index (χ0n) is 62.1. The Morgan fingerprint density at radius 2 is 0.333 bits per heavy atom. The number of benzene rings is 21. The van der Waals surface area contributed by atoms with Crippen LogP contribution in [0.25, 0.3) is 186 Å². The van der Waals surface area contributed by atoms with E-state index in [1.54, 1.807) is 0 Å². The smallest absolute Gasteiger partial charge is 0.135 e. The Bertz CT molecular complexity index is 7540. The molecule has 0 atom stereocenters. The van der Waals surface area contributed by atoms with Gasteiger partial charge in [-0.2, -0.15) is 0 Å². The summed E-state index contributed by atoms with van der Waals surface area (Å²) < 4.78 is 12.2. The van der Waals surface area contributed by atoms with Gasteiger partial charge < -0.3 is 18.6 Å². The van der Waals surface area contributed by atoms with E-state index in [9.17, 15) is 0 Å². The lowest BCUT2D eigenvalue weighted by atomic mass is 9.97. The van der Waals surface area contributed by atoms with E-state index < -0.39 is 0 Å². The molecular weight excluding hydrogens is 1380 g/mol. The third kappa shape index (κ3) is 11.8. The monoisotopic (exact) mass is 1450 g/mol. The fraction of sp³-hybridized carbons (Fsp3) is 0. The molecule has 23 aromatic rings. The first kappa shape index (κ1) is 65.9. The summed E-state index contributed by atoms with van der Waals surface area (Å²) in [6, 6.07) is 154. The standard InChI is InChI=1S/C58H37NO.C52H33NO/c1-3-9-51-41(7-1)13-15-46-35-43(23-32-53(46)51)38-17-26-48(27-18-38)59(50-30-21-40(22-31-50)45-25-34-58-56(37-45)55-11-5-6-12-57(55)60-58)49-28-19-39(20-29-49)44-24-33-54-47(36-44)16-14-42-8-2-4-10-52(42)54;1-3-9-45-36(7-1)13-15-40-31-38(21-28-47(40)45)34-17-23-42(24-18-34)53(44-27-29-48-41(32-44)16-14-37-8-2-4-10-46(37)48)43-25-19-35(20-26-43)39-22-30-52-50(33-39)49-11-5-6-12-51(49)54-52/h1-37H;1-33H. The molecule has 21 aromatic carbocycles. The number of para-hydroxylation sites is 2. The third-order valence-corrected chi connectivity index (χ3v) is 23.3. The molecule has 0 spiro atoms. The van der Waals surface area contributed by atoms with Crippen molar-refractivity contribution in [2.24, 2.45) is 0 Å². The number of hydrogen-bond donors (Lipinski definition) is 0. The summed E-state index contributed by atoms with van der Waals surface area (Å²) in [5, 5.41) is 24.8. The number of fused-ring (bicyclic) bond motifs is 18. The maximum Gasteiger partial charge on any atom is 0.135 e. The minimum absolute atomic E-state index is 0.906. The molecule has 4 heteroatoms. The van der Waals surface area contributed by atoms with E-state index in [-0.39, 0.29) is 0 Å². The average molecular weight is 1450 g/mol. The summed E-state index contributed by atoms with van der Waals surface area (Å²) in [6.07, 6.45) is 0. The van der Waals surface area contributed by atoms with Crippen LogP contribution in [0.5, 0.6) is 0 Å². The molecule has 0 amide bonds. The minimum Gasteiger partial charge on any atom is -0.456 e. The van der Waals surface area contributed by atoms with Crippen LogP contribution in [0.4, 0.5) is 34.1 Å². The summed E-state index contributed by atoms with van der Waals surface area (Å²) in [7, 11) is 0. The quantitative estimate of drug-likeness (QED) is 0.121. The van der Waals surface area contributed by atoms with E-state index in [4.69, 9.17) is 8.83 Å². The van der Waals surface area contributed by atoms with Gasteiger partial charge in [0.2, 0.25) is 0 Å². The van der Waals surface area contributed by atoms with Crippen molar-refractivity contribution in [3.05, 3.63) is 425 Å². The van der Waals surface area contributed by atoms with Crippen molar-refractivity contribution in [3.63, 3.8) is 0 Å². The van der Waals surface area contributed by atoms with Gasteiger partial charge >= 0.3 is 0 Å². The Labute approximate surface area is 658 Å². The number of nitrogens with zero attached hydrogens (tertiary/aromatic N) is 2. The average Bonchev–Trinajstić information content (AvgIpc) is 1.80. The van der Waals surface area contributed by atoms with Crippen molar-refractivity contribution in [1.29, 1.82) is 0 Å². The van der Waals surface area contributed by atoms with Gasteiger partial charge in [0.15, 0.2) is 0 Å². The van der Waals surface area contributed by atoms with Crippen molar-refractivity contribution in [2.45, 2.75) is 0 Å². The molecule has 0 saturated carbocycles. The molecule has 0 unspecified atom stereocenters. The van der Waals surface area contributed by atoms with Crippen LogP contribution in [0.15, 0.2) is 433 Å². The fourth-order valence-electron chi connectivity index (χ4n) is 17.4. The van der Waals surface area contributed by atoms with Crippen molar-refractivity contribution in [3.8, 4) is 55.6 Å². The van der Waals surface area contributed by atoms with Gasteiger partial charge in [-0.3, -0.25) is 0 Å². The van der Waals surface area contributed by atoms with Crippen LogP contribution in [0, 0.1) is 0 Å². The van der Waals surface area contributed by atoms with Gasteiger partial charge in [0.05, 0.1) is 0 Å². The predicted octanol–water partition coefficient (Wildman–Crippen LogP) is 31.7. The zero-order valence-corrected chi connectivity index (χ0v) is 62.1. The Hall–Kier alpha value is -15.1. The van der Waals surface area contributed by atoms with E-state index in [1.807, 2.05) is 24.3 Å². The molecule has 0 aliphatic heterocycles. The highest BCUT2D eigenvalue weighted by atomic mass is 16.3. The molecule has 0 aliphatic rings. The summed E-state index contributed by atoms with van der Waals surface area (Å²) in [6.45, 7) is 0. The van der Waals surface area contributed by atoms with Crippen LogP contribution in [-0.4, -0.2) is 0 Å². The van der Waals surface area contributed by atoms with Crippen LogP contribution >= 0.6 is 0 Å².